The summed E-state index contributed by atoms with van der Waals surface area (Å²) in [5.41, 5.74) is 12.3. The second kappa shape index (κ2) is 13.2. The van der Waals surface area contributed by atoms with Gasteiger partial charge in [0.2, 0.25) is 0 Å². The third-order valence-electron chi connectivity index (χ3n) is 11.6. The lowest BCUT2D eigenvalue weighted by molar-refractivity contribution is 1.61. The fourth-order valence-electron chi connectivity index (χ4n) is 9.00. The molecule has 0 nitrogen and oxygen atoms in total. The smallest absolute Gasteiger partial charge is 0.00259 e. The highest BCUT2D eigenvalue weighted by atomic mass is 14.2. The van der Waals surface area contributed by atoms with E-state index in [2.05, 4.69) is 218 Å². The lowest BCUT2D eigenvalue weighted by atomic mass is 9.83. The molecule has 0 saturated heterocycles. The number of hydrogen-bond acceptors (Lipinski definition) is 0. The zero-order valence-corrected chi connectivity index (χ0v) is 30.8. The van der Waals surface area contributed by atoms with E-state index in [0.29, 0.717) is 0 Å². The molecule has 56 heavy (non-hydrogen) atoms. The van der Waals surface area contributed by atoms with Crippen LogP contribution in [0.15, 0.2) is 218 Å². The molecular formula is C56H36. The largest absolute Gasteiger partial charge is 0.0622 e. The highest BCUT2D eigenvalue weighted by Crippen LogP contribution is 2.46. The molecule has 0 heterocycles. The highest BCUT2D eigenvalue weighted by Gasteiger charge is 2.19. The molecule has 0 aliphatic carbocycles. The van der Waals surface area contributed by atoms with Crippen molar-refractivity contribution in [1.82, 2.24) is 0 Å². The quantitative estimate of drug-likeness (QED) is 0.156. The monoisotopic (exact) mass is 708 g/mol. The Labute approximate surface area is 326 Å². The van der Waals surface area contributed by atoms with E-state index in [1.807, 2.05) is 0 Å². The van der Waals surface area contributed by atoms with Gasteiger partial charge in [0.05, 0.1) is 0 Å². The molecule has 0 aliphatic rings. The molecule has 0 aromatic heterocycles. The van der Waals surface area contributed by atoms with Crippen LogP contribution in [0.5, 0.6) is 0 Å². The fourth-order valence-corrected chi connectivity index (χ4v) is 9.00. The van der Waals surface area contributed by atoms with E-state index in [0.717, 1.165) is 0 Å². The Morgan fingerprint density at radius 2 is 0.571 bits per heavy atom. The van der Waals surface area contributed by atoms with Crippen molar-refractivity contribution in [2.75, 3.05) is 0 Å². The summed E-state index contributed by atoms with van der Waals surface area (Å²) in [6.07, 6.45) is 0. The maximum atomic E-state index is 2.42. The molecule has 0 radical (unpaired) electrons. The minimum atomic E-state index is 1.21. The van der Waals surface area contributed by atoms with Gasteiger partial charge in [0.1, 0.15) is 0 Å². The van der Waals surface area contributed by atoms with Crippen LogP contribution < -0.4 is 0 Å². The van der Waals surface area contributed by atoms with E-state index in [4.69, 9.17) is 0 Å². The Morgan fingerprint density at radius 3 is 1.11 bits per heavy atom. The SMILES string of the molecule is c1ccc(-c2ccc3cc(-c4c5ccccc5c(-c5cc(-c6cccc7ccccc67)cc(-c6cccc7ccccc67)c5)c5ccccc45)ccc3c2)cc1. The summed E-state index contributed by atoms with van der Waals surface area (Å²) in [5, 5.41) is 12.5. The van der Waals surface area contributed by atoms with E-state index < -0.39 is 0 Å². The van der Waals surface area contributed by atoms with E-state index in [9.17, 15) is 0 Å². The molecule has 0 heteroatoms. The standard InChI is InChI=1S/C56H36/c1-2-14-37(15-3-1)40-28-29-42-33-43(31-30-41(42)32-40)55-51-22-8-10-24-53(51)56(54-25-11-9-23-52(54)55)46-35-44(49-26-12-18-38-16-4-6-20-47(38)49)34-45(36-46)50-27-13-19-39-17-5-7-21-48(39)50/h1-36H. The Morgan fingerprint density at radius 1 is 0.179 bits per heavy atom. The molecule has 0 aliphatic heterocycles. The summed E-state index contributed by atoms with van der Waals surface area (Å²) in [7, 11) is 0. The molecule has 0 bridgehead atoms. The first-order valence-corrected chi connectivity index (χ1v) is 19.4. The summed E-state index contributed by atoms with van der Waals surface area (Å²) in [6.45, 7) is 0. The molecule has 260 valence electrons. The molecular weight excluding hydrogens is 673 g/mol. The van der Waals surface area contributed by atoms with Crippen molar-refractivity contribution in [3.63, 3.8) is 0 Å². The average molecular weight is 709 g/mol. The van der Waals surface area contributed by atoms with Crippen LogP contribution in [0.4, 0.5) is 0 Å². The van der Waals surface area contributed by atoms with Gasteiger partial charge in [-0.2, -0.15) is 0 Å². The molecule has 11 rings (SSSR count). The van der Waals surface area contributed by atoms with Crippen molar-refractivity contribution < 1.29 is 0 Å². The van der Waals surface area contributed by atoms with Gasteiger partial charge in [0.25, 0.3) is 0 Å². The van der Waals surface area contributed by atoms with Gasteiger partial charge in [-0.05, 0) is 140 Å². The van der Waals surface area contributed by atoms with Gasteiger partial charge in [-0.15, -0.1) is 0 Å². The van der Waals surface area contributed by atoms with Crippen LogP contribution in [0, 0.1) is 0 Å². The zero-order valence-electron chi connectivity index (χ0n) is 30.8. The highest BCUT2D eigenvalue weighted by molar-refractivity contribution is 6.22. The summed E-state index contributed by atoms with van der Waals surface area (Å²) >= 11 is 0. The van der Waals surface area contributed by atoms with Crippen LogP contribution in [0.2, 0.25) is 0 Å². The lowest BCUT2D eigenvalue weighted by Crippen LogP contribution is -1.93. The molecule has 0 fully saturated rings. The normalized spacial score (nSPS) is 11.6. The lowest BCUT2D eigenvalue weighted by Gasteiger charge is -2.20. The van der Waals surface area contributed by atoms with Crippen molar-refractivity contribution >= 4 is 53.9 Å². The van der Waals surface area contributed by atoms with Crippen molar-refractivity contribution in [3.05, 3.63) is 218 Å². The van der Waals surface area contributed by atoms with Crippen molar-refractivity contribution in [2.45, 2.75) is 0 Å². The van der Waals surface area contributed by atoms with Gasteiger partial charge >= 0.3 is 0 Å². The Bertz CT molecular complexity index is 3130. The summed E-state index contributed by atoms with van der Waals surface area (Å²) < 4.78 is 0. The fraction of sp³-hybridized carbons (Fsp3) is 0. The van der Waals surface area contributed by atoms with Gasteiger partial charge in [-0.3, -0.25) is 0 Å². The molecule has 0 saturated carbocycles. The van der Waals surface area contributed by atoms with Crippen LogP contribution in [-0.2, 0) is 0 Å². The Balaban J connectivity index is 1.17. The number of fused-ring (bicyclic) bond motifs is 5. The van der Waals surface area contributed by atoms with E-state index in [1.54, 1.807) is 0 Å². The molecule has 0 spiro atoms. The Hall–Kier alpha value is -7.28. The van der Waals surface area contributed by atoms with Crippen LogP contribution in [0.25, 0.3) is 109 Å². The summed E-state index contributed by atoms with van der Waals surface area (Å²) in [5.74, 6) is 0. The first-order valence-electron chi connectivity index (χ1n) is 19.4. The molecule has 11 aromatic carbocycles. The summed E-state index contributed by atoms with van der Waals surface area (Å²) in [4.78, 5) is 0. The van der Waals surface area contributed by atoms with Gasteiger partial charge in [0, 0.05) is 0 Å². The second-order valence-electron chi connectivity index (χ2n) is 14.8. The van der Waals surface area contributed by atoms with Crippen LogP contribution in [0.3, 0.4) is 0 Å². The van der Waals surface area contributed by atoms with Crippen molar-refractivity contribution in [3.8, 4) is 55.6 Å². The predicted octanol–water partition coefficient (Wildman–Crippen LogP) is 15.8. The molecule has 0 unspecified atom stereocenters. The van der Waals surface area contributed by atoms with E-state index >= 15 is 0 Å². The maximum Gasteiger partial charge on any atom is -0.00259 e. The van der Waals surface area contributed by atoms with Crippen LogP contribution in [-0.4, -0.2) is 0 Å². The van der Waals surface area contributed by atoms with Gasteiger partial charge in [-0.25, -0.2) is 0 Å². The molecule has 0 amide bonds. The Kier molecular flexibility index (Phi) is 7.60. The molecule has 0 N–H and O–H groups in total. The summed E-state index contributed by atoms with van der Waals surface area (Å²) in [6, 6.07) is 80.5. The van der Waals surface area contributed by atoms with Gasteiger partial charge < -0.3 is 0 Å². The molecule has 11 aromatic rings. The third-order valence-corrected chi connectivity index (χ3v) is 11.6. The minimum Gasteiger partial charge on any atom is -0.0622 e. The first kappa shape index (κ1) is 32.2. The van der Waals surface area contributed by atoms with Gasteiger partial charge in [-0.1, -0.05) is 188 Å². The van der Waals surface area contributed by atoms with Crippen LogP contribution >= 0.6 is 0 Å². The number of rotatable bonds is 5. The van der Waals surface area contributed by atoms with Crippen molar-refractivity contribution in [1.29, 1.82) is 0 Å². The van der Waals surface area contributed by atoms with E-state index in [-0.39, 0.29) is 0 Å². The van der Waals surface area contributed by atoms with Crippen molar-refractivity contribution in [2.24, 2.45) is 0 Å². The van der Waals surface area contributed by atoms with Crippen LogP contribution in [0.1, 0.15) is 0 Å². The minimum absolute atomic E-state index is 1.21. The van der Waals surface area contributed by atoms with E-state index in [1.165, 1.54) is 109 Å². The average Bonchev–Trinajstić information content (AvgIpc) is 3.27. The second-order valence-corrected chi connectivity index (χ2v) is 14.8. The first-order chi connectivity index (χ1) is 27.8. The number of hydrogen-bond donors (Lipinski definition) is 0. The maximum absolute atomic E-state index is 2.42. The number of benzene rings is 11. The third kappa shape index (κ3) is 5.38. The topological polar surface area (TPSA) is 0 Å². The zero-order chi connectivity index (χ0) is 37.0. The predicted molar refractivity (Wildman–Crippen MR) is 241 cm³/mol. The molecule has 0 atom stereocenters. The van der Waals surface area contributed by atoms with Gasteiger partial charge in [0.15, 0.2) is 0 Å².